The summed E-state index contributed by atoms with van der Waals surface area (Å²) in [4.78, 5) is 26.8. The summed E-state index contributed by atoms with van der Waals surface area (Å²) in [6.45, 7) is -0.00706. The summed E-state index contributed by atoms with van der Waals surface area (Å²) in [7, 11) is 0. The Hall–Kier alpha value is -3.38. The second-order valence-electron chi connectivity index (χ2n) is 5.06. The molecule has 0 fully saturated rings. The number of hydrogen-bond donors (Lipinski definition) is 0. The summed E-state index contributed by atoms with van der Waals surface area (Å²) >= 11 is 1.31. The van der Waals surface area contributed by atoms with E-state index in [1.54, 1.807) is 23.6 Å². The molecule has 0 bridgehead atoms. The Morgan fingerprint density at radius 3 is 2.72 bits per heavy atom. The van der Waals surface area contributed by atoms with E-state index in [2.05, 4.69) is 4.98 Å². The number of benzene rings is 1. The summed E-state index contributed by atoms with van der Waals surface area (Å²) in [6.07, 6.45) is 1.08. The maximum absolute atomic E-state index is 13.0. The molecule has 2 heterocycles. The van der Waals surface area contributed by atoms with E-state index in [-0.39, 0.29) is 23.6 Å². The zero-order valence-electron chi connectivity index (χ0n) is 12.5. The first-order valence-corrected chi connectivity index (χ1v) is 7.85. The van der Waals surface area contributed by atoms with Gasteiger partial charge in [0.25, 0.3) is 11.2 Å². The van der Waals surface area contributed by atoms with Crippen molar-refractivity contribution in [3.8, 4) is 16.6 Å². The van der Waals surface area contributed by atoms with Crippen molar-refractivity contribution in [2.45, 2.75) is 6.54 Å². The number of halogens is 1. The fraction of sp³-hybridized carbons (Fsp3) is 0.0625. The van der Waals surface area contributed by atoms with E-state index in [9.17, 15) is 19.3 Å². The van der Waals surface area contributed by atoms with E-state index in [1.165, 1.54) is 23.5 Å². The average Bonchev–Trinajstić information content (AvgIpc) is 3.05. The van der Waals surface area contributed by atoms with Crippen LogP contribution >= 0.6 is 11.3 Å². The zero-order chi connectivity index (χ0) is 18.0. The van der Waals surface area contributed by atoms with Crippen LogP contribution in [0.25, 0.3) is 10.6 Å². The van der Waals surface area contributed by atoms with E-state index < -0.39 is 10.5 Å². The molecular weight excluding hydrogens is 347 g/mol. The number of hydrogen-bond acceptors (Lipinski definition) is 6. The van der Waals surface area contributed by atoms with Crippen molar-refractivity contribution < 1.29 is 9.31 Å². The lowest BCUT2D eigenvalue weighted by Crippen LogP contribution is -2.23. The lowest BCUT2D eigenvalue weighted by atomic mass is 10.2. The van der Waals surface area contributed by atoms with Crippen LogP contribution in [-0.2, 0) is 6.54 Å². The molecule has 9 heteroatoms. The Labute approximate surface area is 144 Å². The second-order valence-corrected chi connectivity index (χ2v) is 5.92. The van der Waals surface area contributed by atoms with Crippen LogP contribution in [0.1, 0.15) is 11.3 Å². The van der Waals surface area contributed by atoms with Crippen LogP contribution in [-0.4, -0.2) is 14.5 Å². The Kier molecular flexibility index (Phi) is 4.36. The molecule has 0 saturated heterocycles. The number of thiazole rings is 1. The van der Waals surface area contributed by atoms with Crippen LogP contribution < -0.4 is 5.56 Å². The second kappa shape index (κ2) is 6.62. The maximum Gasteiger partial charge on any atom is 0.287 e. The molecule has 3 rings (SSSR count). The van der Waals surface area contributed by atoms with Gasteiger partial charge in [0.15, 0.2) is 0 Å². The molecule has 0 amide bonds. The molecule has 0 aliphatic carbocycles. The van der Waals surface area contributed by atoms with Crippen molar-refractivity contribution >= 4 is 17.0 Å². The van der Waals surface area contributed by atoms with Crippen molar-refractivity contribution in [1.82, 2.24) is 9.55 Å². The van der Waals surface area contributed by atoms with Crippen molar-refractivity contribution in [1.29, 1.82) is 5.26 Å². The smallest absolute Gasteiger partial charge is 0.287 e. The molecule has 0 aliphatic heterocycles. The first kappa shape index (κ1) is 16.5. The minimum absolute atomic E-state index is 0.00706. The molecule has 7 nitrogen and oxygen atoms in total. The molecule has 0 atom stereocenters. The Bertz CT molecular complexity index is 1050. The van der Waals surface area contributed by atoms with Gasteiger partial charge in [-0.3, -0.25) is 14.9 Å². The van der Waals surface area contributed by atoms with Gasteiger partial charge in [0.1, 0.15) is 22.5 Å². The number of nitriles is 1. The standard InChI is InChI=1S/C16H9FN4O3S/c17-12-3-1-10(2-4-12)15-19-13(9-25-15)7-20-8-14(21(23)24)5-11(6-18)16(20)22/h1-5,8-9H,7H2. The lowest BCUT2D eigenvalue weighted by Gasteiger charge is -2.04. The highest BCUT2D eigenvalue weighted by Gasteiger charge is 2.15. The molecule has 0 radical (unpaired) electrons. The average molecular weight is 356 g/mol. The van der Waals surface area contributed by atoms with Gasteiger partial charge in [-0.1, -0.05) is 0 Å². The van der Waals surface area contributed by atoms with Crippen molar-refractivity contribution in [2.75, 3.05) is 0 Å². The lowest BCUT2D eigenvalue weighted by molar-refractivity contribution is -0.385. The number of nitro groups is 1. The summed E-state index contributed by atoms with van der Waals surface area (Å²) in [6, 6.07) is 8.43. The third-order valence-corrected chi connectivity index (χ3v) is 4.32. The third-order valence-electron chi connectivity index (χ3n) is 3.38. The van der Waals surface area contributed by atoms with Gasteiger partial charge in [0, 0.05) is 17.0 Å². The van der Waals surface area contributed by atoms with Gasteiger partial charge in [-0.25, -0.2) is 9.37 Å². The van der Waals surface area contributed by atoms with Gasteiger partial charge in [-0.05, 0) is 24.3 Å². The summed E-state index contributed by atoms with van der Waals surface area (Å²) in [5.41, 5.74) is -0.0321. The molecule has 0 N–H and O–H groups in total. The highest BCUT2D eigenvalue weighted by molar-refractivity contribution is 7.13. The minimum atomic E-state index is -0.665. The van der Waals surface area contributed by atoms with Crippen LogP contribution in [0.2, 0.25) is 0 Å². The Morgan fingerprint density at radius 2 is 2.08 bits per heavy atom. The third kappa shape index (κ3) is 3.44. The largest absolute Gasteiger partial charge is 0.302 e. The van der Waals surface area contributed by atoms with E-state index in [0.717, 1.165) is 22.4 Å². The van der Waals surface area contributed by atoms with E-state index >= 15 is 0 Å². The van der Waals surface area contributed by atoms with Gasteiger partial charge in [-0.2, -0.15) is 5.26 Å². The summed E-state index contributed by atoms with van der Waals surface area (Å²) in [5, 5.41) is 22.2. The first-order chi connectivity index (χ1) is 12.0. The molecule has 124 valence electrons. The highest BCUT2D eigenvalue weighted by atomic mass is 32.1. The SMILES string of the molecule is N#Cc1cc([N+](=O)[O-])cn(Cc2csc(-c3ccc(F)cc3)n2)c1=O. The summed E-state index contributed by atoms with van der Waals surface area (Å²) in [5.74, 6) is -0.354. The maximum atomic E-state index is 13.0. The predicted molar refractivity (Wildman–Crippen MR) is 88.7 cm³/mol. The number of aromatic nitrogens is 2. The topological polar surface area (TPSA) is 102 Å². The Balaban J connectivity index is 1.94. The zero-order valence-corrected chi connectivity index (χ0v) is 13.4. The fourth-order valence-electron chi connectivity index (χ4n) is 2.20. The first-order valence-electron chi connectivity index (χ1n) is 6.97. The van der Waals surface area contributed by atoms with Crippen LogP contribution in [0.15, 0.2) is 46.7 Å². The molecule has 2 aromatic heterocycles. The molecule has 3 aromatic rings. The van der Waals surface area contributed by atoms with Crippen LogP contribution in [0.3, 0.4) is 0 Å². The van der Waals surface area contributed by atoms with Crippen molar-refractivity contribution in [3.63, 3.8) is 0 Å². The molecule has 0 unspecified atom stereocenters. The van der Waals surface area contributed by atoms with Crippen molar-refractivity contribution in [2.24, 2.45) is 0 Å². The normalized spacial score (nSPS) is 10.4. The number of rotatable bonds is 4. The van der Waals surface area contributed by atoms with Gasteiger partial charge < -0.3 is 4.57 Å². The molecule has 25 heavy (non-hydrogen) atoms. The highest BCUT2D eigenvalue weighted by Crippen LogP contribution is 2.24. The number of nitrogens with zero attached hydrogens (tertiary/aromatic N) is 4. The molecule has 0 saturated carbocycles. The fourth-order valence-corrected chi connectivity index (χ4v) is 3.01. The Morgan fingerprint density at radius 1 is 1.36 bits per heavy atom. The van der Waals surface area contributed by atoms with Crippen LogP contribution in [0, 0.1) is 27.3 Å². The van der Waals surface area contributed by atoms with Gasteiger partial charge in [0.05, 0.1) is 23.4 Å². The molecule has 0 aliphatic rings. The van der Waals surface area contributed by atoms with Gasteiger partial charge in [0.2, 0.25) is 0 Å². The molecule has 0 spiro atoms. The van der Waals surface area contributed by atoms with E-state index in [1.807, 2.05) is 0 Å². The minimum Gasteiger partial charge on any atom is -0.302 e. The van der Waals surface area contributed by atoms with Crippen LogP contribution in [0.5, 0.6) is 0 Å². The van der Waals surface area contributed by atoms with E-state index in [4.69, 9.17) is 5.26 Å². The quantitative estimate of drug-likeness (QED) is 0.528. The van der Waals surface area contributed by atoms with Gasteiger partial charge >= 0.3 is 0 Å². The predicted octanol–water partition coefficient (Wildman–Crippen LogP) is 2.94. The monoisotopic (exact) mass is 356 g/mol. The number of pyridine rings is 1. The molecule has 1 aromatic carbocycles. The van der Waals surface area contributed by atoms with E-state index in [0.29, 0.717) is 10.7 Å². The van der Waals surface area contributed by atoms with Gasteiger partial charge in [-0.15, -0.1) is 11.3 Å². The van der Waals surface area contributed by atoms with Crippen LogP contribution in [0.4, 0.5) is 10.1 Å². The summed E-state index contributed by atoms with van der Waals surface area (Å²) < 4.78 is 14.1. The van der Waals surface area contributed by atoms with Crippen molar-refractivity contribution in [3.05, 3.63) is 79.5 Å². The molecular formula is C16H9FN4O3S.